The highest BCUT2D eigenvalue weighted by atomic mass is 16.5. The average Bonchev–Trinajstić information content (AvgIpc) is 3.13. The first-order chi connectivity index (χ1) is 15.4. The van der Waals surface area contributed by atoms with Crippen LogP contribution in [-0.2, 0) is 27.4 Å². The van der Waals surface area contributed by atoms with Crippen LogP contribution in [0.1, 0.15) is 42.6 Å². The van der Waals surface area contributed by atoms with Crippen LogP contribution < -0.4 is 4.74 Å². The second-order valence-corrected chi connectivity index (χ2v) is 8.82. The van der Waals surface area contributed by atoms with Crippen molar-refractivity contribution in [3.05, 3.63) is 46.2 Å². The van der Waals surface area contributed by atoms with Gasteiger partial charge in [-0.2, -0.15) is 0 Å². The van der Waals surface area contributed by atoms with Crippen molar-refractivity contribution >= 4 is 23.1 Å². The lowest BCUT2D eigenvalue weighted by molar-refractivity contribution is -0.131. The average molecular weight is 438 g/mol. The van der Waals surface area contributed by atoms with Gasteiger partial charge in [0.2, 0.25) is 0 Å². The lowest BCUT2D eigenvalue weighted by Crippen LogP contribution is -2.38. The second-order valence-electron chi connectivity index (χ2n) is 8.82. The van der Waals surface area contributed by atoms with Crippen LogP contribution in [-0.4, -0.2) is 61.9 Å². The van der Waals surface area contributed by atoms with E-state index in [0.717, 1.165) is 51.9 Å². The number of carbonyl (C=O) groups excluding carboxylic acids is 2. The molecule has 2 aliphatic heterocycles. The Kier molecular flexibility index (Phi) is 6.31. The van der Waals surface area contributed by atoms with Gasteiger partial charge in [0, 0.05) is 42.6 Å². The maximum Gasteiger partial charge on any atom is 0.252 e. The number of fused-ring (bicyclic) bond motifs is 4. The van der Waals surface area contributed by atoms with E-state index in [1.54, 1.807) is 14.2 Å². The fourth-order valence-electron chi connectivity index (χ4n) is 5.03. The highest BCUT2D eigenvalue weighted by Crippen LogP contribution is 2.45. The SMILES string of the molecule is CCC(C=O)C1=C(COC)C(=O)N2Cc3cc4c(CN(C)C)c(OC)ccc4nc3C2C1. The molecule has 32 heavy (non-hydrogen) atoms. The summed E-state index contributed by atoms with van der Waals surface area (Å²) in [7, 11) is 7.32. The Labute approximate surface area is 189 Å². The van der Waals surface area contributed by atoms with Crippen LogP contribution in [0.4, 0.5) is 0 Å². The van der Waals surface area contributed by atoms with Gasteiger partial charge in [-0.15, -0.1) is 0 Å². The van der Waals surface area contributed by atoms with Gasteiger partial charge in [-0.25, -0.2) is 0 Å². The molecule has 4 rings (SSSR count). The number of pyridine rings is 1. The Morgan fingerprint density at radius 3 is 2.72 bits per heavy atom. The lowest BCUT2D eigenvalue weighted by Gasteiger charge is -2.34. The first kappa shape index (κ1) is 22.4. The fraction of sp³-hybridized carbons (Fsp3) is 0.480. The van der Waals surface area contributed by atoms with E-state index in [4.69, 9.17) is 14.5 Å². The van der Waals surface area contributed by atoms with Crippen molar-refractivity contribution < 1.29 is 19.1 Å². The van der Waals surface area contributed by atoms with Gasteiger partial charge in [0.05, 0.1) is 31.0 Å². The molecular formula is C25H31N3O4. The predicted octanol–water partition coefficient (Wildman–Crippen LogP) is 3.26. The summed E-state index contributed by atoms with van der Waals surface area (Å²) in [6.45, 7) is 3.44. The molecule has 2 atom stereocenters. The van der Waals surface area contributed by atoms with Crippen LogP contribution in [0.5, 0.6) is 5.75 Å². The first-order valence-corrected chi connectivity index (χ1v) is 11.0. The molecule has 0 saturated carbocycles. The Hall–Kier alpha value is -2.77. The molecule has 0 N–H and O–H groups in total. The number of amides is 1. The lowest BCUT2D eigenvalue weighted by atomic mass is 9.84. The monoisotopic (exact) mass is 437 g/mol. The molecule has 0 aliphatic carbocycles. The molecule has 2 unspecified atom stereocenters. The molecule has 1 aromatic carbocycles. The van der Waals surface area contributed by atoms with E-state index in [-0.39, 0.29) is 24.5 Å². The van der Waals surface area contributed by atoms with E-state index in [0.29, 0.717) is 25.0 Å². The molecule has 0 fully saturated rings. The molecule has 0 spiro atoms. The molecular weight excluding hydrogens is 406 g/mol. The standard InChI is InChI=1S/C25H31N3O4/c1-6-15(13-29)17-10-22-24-16(11-28(22)25(30)20(17)14-31-4)9-18-19(12-27(2)3)23(32-5)8-7-21(18)26-24/h7-9,13,15,22H,6,10-12,14H2,1-5H3. The van der Waals surface area contributed by atoms with Crippen LogP contribution in [0.3, 0.4) is 0 Å². The van der Waals surface area contributed by atoms with Gasteiger partial charge in [0.15, 0.2) is 0 Å². The summed E-state index contributed by atoms with van der Waals surface area (Å²) in [4.78, 5) is 34.2. The molecule has 0 radical (unpaired) electrons. The number of hydrogen-bond acceptors (Lipinski definition) is 6. The zero-order valence-electron chi connectivity index (χ0n) is 19.5. The van der Waals surface area contributed by atoms with E-state index in [2.05, 4.69) is 11.0 Å². The number of rotatable bonds is 8. The number of benzene rings is 1. The minimum absolute atomic E-state index is 0.0495. The third-order valence-electron chi connectivity index (χ3n) is 6.57. The van der Waals surface area contributed by atoms with Gasteiger partial charge in [-0.1, -0.05) is 6.92 Å². The zero-order valence-corrected chi connectivity index (χ0v) is 19.5. The highest BCUT2D eigenvalue weighted by molar-refractivity contribution is 5.97. The van der Waals surface area contributed by atoms with E-state index in [9.17, 15) is 9.59 Å². The number of methoxy groups -OCH3 is 2. The summed E-state index contributed by atoms with van der Waals surface area (Å²) in [6, 6.07) is 5.96. The first-order valence-electron chi connectivity index (χ1n) is 11.0. The molecule has 7 nitrogen and oxygen atoms in total. The second kappa shape index (κ2) is 9.00. The molecule has 3 heterocycles. The maximum absolute atomic E-state index is 13.4. The zero-order chi connectivity index (χ0) is 23.0. The van der Waals surface area contributed by atoms with Crippen LogP contribution in [0.25, 0.3) is 10.9 Å². The van der Waals surface area contributed by atoms with Crippen LogP contribution in [0.2, 0.25) is 0 Å². The van der Waals surface area contributed by atoms with Gasteiger partial charge in [0.25, 0.3) is 5.91 Å². The summed E-state index contributed by atoms with van der Waals surface area (Å²) in [5, 5.41) is 1.05. The van der Waals surface area contributed by atoms with Gasteiger partial charge in [0.1, 0.15) is 12.0 Å². The Bertz CT molecular complexity index is 1090. The Morgan fingerprint density at radius 1 is 1.31 bits per heavy atom. The van der Waals surface area contributed by atoms with Crippen molar-refractivity contribution in [1.29, 1.82) is 0 Å². The molecule has 170 valence electrons. The third kappa shape index (κ3) is 3.69. The van der Waals surface area contributed by atoms with Crippen LogP contribution >= 0.6 is 0 Å². The molecule has 1 amide bonds. The van der Waals surface area contributed by atoms with E-state index in [1.807, 2.05) is 38.1 Å². The molecule has 2 aliphatic rings. The molecule has 1 aromatic heterocycles. The Morgan fingerprint density at radius 2 is 2.09 bits per heavy atom. The van der Waals surface area contributed by atoms with Crippen molar-refractivity contribution in [3.8, 4) is 5.75 Å². The minimum Gasteiger partial charge on any atom is -0.496 e. The van der Waals surface area contributed by atoms with E-state index >= 15 is 0 Å². The maximum atomic E-state index is 13.4. The predicted molar refractivity (Wildman–Crippen MR) is 122 cm³/mol. The quantitative estimate of drug-likeness (QED) is 0.591. The molecule has 7 heteroatoms. The van der Waals surface area contributed by atoms with Crippen molar-refractivity contribution in [2.75, 3.05) is 34.9 Å². The molecule has 2 aromatic rings. The summed E-state index contributed by atoms with van der Waals surface area (Å²) in [5.41, 5.74) is 5.49. The van der Waals surface area contributed by atoms with Crippen LogP contribution in [0, 0.1) is 5.92 Å². The number of aromatic nitrogens is 1. The fourth-order valence-corrected chi connectivity index (χ4v) is 5.03. The van der Waals surface area contributed by atoms with Gasteiger partial charge >= 0.3 is 0 Å². The normalized spacial score (nSPS) is 18.9. The number of aldehydes is 1. The van der Waals surface area contributed by atoms with Gasteiger partial charge in [-0.05, 0) is 56.3 Å². The number of hydrogen-bond donors (Lipinski definition) is 0. The number of nitrogens with zero attached hydrogens (tertiary/aromatic N) is 3. The van der Waals surface area contributed by atoms with Gasteiger partial charge < -0.3 is 24.1 Å². The van der Waals surface area contributed by atoms with Crippen molar-refractivity contribution in [1.82, 2.24) is 14.8 Å². The van der Waals surface area contributed by atoms with E-state index < -0.39 is 0 Å². The smallest absolute Gasteiger partial charge is 0.252 e. The third-order valence-corrected chi connectivity index (χ3v) is 6.57. The van der Waals surface area contributed by atoms with Crippen molar-refractivity contribution in [2.45, 2.75) is 38.9 Å². The van der Waals surface area contributed by atoms with Gasteiger partial charge in [-0.3, -0.25) is 9.78 Å². The summed E-state index contributed by atoms with van der Waals surface area (Å²) < 4.78 is 11.0. The Balaban J connectivity index is 1.82. The minimum atomic E-state index is -0.272. The number of ether oxygens (including phenoxy) is 2. The van der Waals surface area contributed by atoms with E-state index in [1.165, 1.54) is 0 Å². The summed E-state index contributed by atoms with van der Waals surface area (Å²) in [5.74, 6) is 0.515. The summed E-state index contributed by atoms with van der Waals surface area (Å²) in [6.07, 6.45) is 2.24. The van der Waals surface area contributed by atoms with Crippen molar-refractivity contribution in [2.24, 2.45) is 5.92 Å². The number of carbonyl (C=O) groups is 2. The topological polar surface area (TPSA) is 72.0 Å². The highest BCUT2D eigenvalue weighted by Gasteiger charge is 2.42. The van der Waals surface area contributed by atoms with Crippen molar-refractivity contribution in [3.63, 3.8) is 0 Å². The largest absolute Gasteiger partial charge is 0.496 e. The molecule has 0 saturated heterocycles. The summed E-state index contributed by atoms with van der Waals surface area (Å²) >= 11 is 0. The van der Waals surface area contributed by atoms with Crippen LogP contribution in [0.15, 0.2) is 29.3 Å². The molecule has 0 bridgehead atoms.